The third-order valence-electron chi connectivity index (χ3n) is 3.38. The van der Waals surface area contributed by atoms with Gasteiger partial charge < -0.3 is 0 Å². The minimum absolute atomic E-state index is 0.0762. The summed E-state index contributed by atoms with van der Waals surface area (Å²) in [6.45, 7) is 3.71. The fraction of sp³-hybridized carbons (Fsp3) is 0.286. The number of nitro groups is 1. The molecule has 1 atom stereocenters. The lowest BCUT2D eigenvalue weighted by molar-refractivity contribution is -0.385. The van der Waals surface area contributed by atoms with E-state index < -0.39 is 16.7 Å². The van der Waals surface area contributed by atoms with E-state index in [4.69, 9.17) is 0 Å². The third-order valence-corrected chi connectivity index (χ3v) is 3.38. The van der Waals surface area contributed by atoms with Crippen molar-refractivity contribution in [2.75, 3.05) is 6.54 Å². The molecule has 7 nitrogen and oxygen atoms in total. The molecule has 2 amide bonds. The number of hydrogen-bond acceptors (Lipinski definition) is 4. The van der Waals surface area contributed by atoms with Crippen LogP contribution in [0.1, 0.15) is 24.3 Å². The van der Waals surface area contributed by atoms with Gasteiger partial charge in [-0.25, -0.2) is 0 Å². The molecule has 21 heavy (non-hydrogen) atoms. The van der Waals surface area contributed by atoms with Gasteiger partial charge in [0.05, 0.1) is 10.8 Å². The van der Waals surface area contributed by atoms with Gasteiger partial charge in [-0.3, -0.25) is 30.1 Å². The number of para-hydroxylation sites is 1. The van der Waals surface area contributed by atoms with Crippen molar-refractivity contribution in [2.45, 2.75) is 18.8 Å². The Morgan fingerprint density at radius 1 is 1.48 bits per heavy atom. The number of nitro benzene ring substituents is 1. The molecule has 0 saturated carbocycles. The van der Waals surface area contributed by atoms with E-state index >= 15 is 0 Å². The molecule has 0 spiro atoms. The van der Waals surface area contributed by atoms with Gasteiger partial charge in [-0.15, -0.1) is 0 Å². The Kier molecular flexibility index (Phi) is 4.32. The highest BCUT2D eigenvalue weighted by atomic mass is 16.6. The van der Waals surface area contributed by atoms with Crippen LogP contribution in [0.4, 0.5) is 5.69 Å². The first-order valence-electron chi connectivity index (χ1n) is 6.52. The topological polar surface area (TPSA) is 92.6 Å². The van der Waals surface area contributed by atoms with E-state index in [0.717, 1.165) is 6.08 Å². The fourth-order valence-electron chi connectivity index (χ4n) is 2.40. The lowest BCUT2D eigenvalue weighted by Gasteiger charge is -2.31. The highest BCUT2D eigenvalue weighted by molar-refractivity contribution is 5.91. The lowest BCUT2D eigenvalue weighted by atomic mass is 9.89. The first-order valence-corrected chi connectivity index (χ1v) is 6.52. The summed E-state index contributed by atoms with van der Waals surface area (Å²) in [5.41, 5.74) is 2.73. The molecule has 1 saturated heterocycles. The quantitative estimate of drug-likeness (QED) is 0.516. The van der Waals surface area contributed by atoms with Gasteiger partial charge in [0, 0.05) is 18.2 Å². The van der Waals surface area contributed by atoms with E-state index in [2.05, 4.69) is 12.0 Å². The Morgan fingerprint density at radius 3 is 2.86 bits per heavy atom. The molecule has 1 aliphatic heterocycles. The van der Waals surface area contributed by atoms with Crippen LogP contribution in [0.25, 0.3) is 0 Å². The van der Waals surface area contributed by atoms with Gasteiger partial charge in [0.2, 0.25) is 5.91 Å². The molecule has 110 valence electrons. The number of nitrogens with zero attached hydrogens (tertiary/aromatic N) is 2. The number of carbonyl (C=O) groups is 2. The molecule has 7 heteroatoms. The van der Waals surface area contributed by atoms with Crippen LogP contribution in [0.5, 0.6) is 0 Å². The minimum Gasteiger partial charge on any atom is -0.272 e. The lowest BCUT2D eigenvalue weighted by Crippen LogP contribution is -2.50. The van der Waals surface area contributed by atoms with E-state index in [1.165, 1.54) is 11.1 Å². The normalized spacial score (nSPS) is 18.2. The van der Waals surface area contributed by atoms with Crippen molar-refractivity contribution in [3.63, 3.8) is 0 Å². The molecule has 0 aromatic heterocycles. The summed E-state index contributed by atoms with van der Waals surface area (Å²) in [7, 11) is 0. The monoisotopic (exact) mass is 289 g/mol. The van der Waals surface area contributed by atoms with Crippen LogP contribution in [-0.4, -0.2) is 28.3 Å². The number of benzene rings is 1. The van der Waals surface area contributed by atoms with Crippen molar-refractivity contribution >= 4 is 17.5 Å². The molecule has 1 fully saturated rings. The zero-order valence-corrected chi connectivity index (χ0v) is 11.3. The SMILES string of the molecule is C=CC(=O)NN1CCCC(c2ccccc2[N+](=O)[O-])C1=O. The summed E-state index contributed by atoms with van der Waals surface area (Å²) in [6, 6.07) is 6.19. The summed E-state index contributed by atoms with van der Waals surface area (Å²) in [5.74, 6) is -1.44. The zero-order valence-electron chi connectivity index (χ0n) is 11.3. The molecule has 1 N–H and O–H groups in total. The second kappa shape index (κ2) is 6.17. The number of hydrazine groups is 1. The van der Waals surface area contributed by atoms with Crippen molar-refractivity contribution in [3.05, 3.63) is 52.6 Å². The molecule has 0 bridgehead atoms. The molecule has 2 rings (SSSR count). The maximum atomic E-state index is 12.4. The van der Waals surface area contributed by atoms with Crippen LogP contribution < -0.4 is 5.43 Å². The largest absolute Gasteiger partial charge is 0.273 e. The molecule has 1 unspecified atom stereocenters. The predicted molar refractivity (Wildman–Crippen MR) is 75.1 cm³/mol. The maximum Gasteiger partial charge on any atom is 0.273 e. The van der Waals surface area contributed by atoms with Crippen LogP contribution in [0.3, 0.4) is 0 Å². The highest BCUT2D eigenvalue weighted by Gasteiger charge is 2.34. The highest BCUT2D eigenvalue weighted by Crippen LogP contribution is 2.33. The summed E-state index contributed by atoms with van der Waals surface area (Å²) in [5, 5.41) is 12.3. The number of piperidine rings is 1. The van der Waals surface area contributed by atoms with Gasteiger partial charge in [0.15, 0.2) is 0 Å². The Morgan fingerprint density at radius 2 is 2.19 bits per heavy atom. The average molecular weight is 289 g/mol. The second-order valence-corrected chi connectivity index (χ2v) is 4.68. The van der Waals surface area contributed by atoms with E-state index in [9.17, 15) is 19.7 Å². The Balaban J connectivity index is 2.28. The molecule has 1 aliphatic rings. The van der Waals surface area contributed by atoms with Gasteiger partial charge in [-0.05, 0) is 18.9 Å². The first kappa shape index (κ1) is 14.7. The summed E-state index contributed by atoms with van der Waals surface area (Å²) < 4.78 is 0. The van der Waals surface area contributed by atoms with Crippen molar-refractivity contribution < 1.29 is 14.5 Å². The van der Waals surface area contributed by atoms with Gasteiger partial charge in [-0.1, -0.05) is 24.8 Å². The fourth-order valence-corrected chi connectivity index (χ4v) is 2.40. The Hall–Kier alpha value is -2.70. The molecule has 0 radical (unpaired) electrons. The van der Waals surface area contributed by atoms with Crippen LogP contribution >= 0.6 is 0 Å². The van der Waals surface area contributed by atoms with Gasteiger partial charge >= 0.3 is 0 Å². The maximum absolute atomic E-state index is 12.4. The van der Waals surface area contributed by atoms with E-state index in [1.807, 2.05) is 0 Å². The number of nitrogens with one attached hydrogen (secondary N) is 1. The van der Waals surface area contributed by atoms with Crippen LogP contribution in [0, 0.1) is 10.1 Å². The number of amides is 2. The summed E-state index contributed by atoms with van der Waals surface area (Å²) in [6.07, 6.45) is 2.24. The standard InChI is InChI=1S/C14H15N3O4/c1-2-13(18)15-16-9-5-7-11(14(16)19)10-6-3-4-8-12(10)17(20)21/h2-4,6,8,11H,1,5,7,9H2,(H,15,18). The molecule has 1 aromatic carbocycles. The van der Waals surface area contributed by atoms with Crippen molar-refractivity contribution in [2.24, 2.45) is 0 Å². The molecular formula is C14H15N3O4. The molecule has 0 aliphatic carbocycles. The van der Waals surface area contributed by atoms with E-state index in [1.54, 1.807) is 18.2 Å². The van der Waals surface area contributed by atoms with Crippen LogP contribution in [-0.2, 0) is 9.59 Å². The Bertz CT molecular complexity index is 600. The van der Waals surface area contributed by atoms with Crippen molar-refractivity contribution in [1.29, 1.82) is 0 Å². The zero-order chi connectivity index (χ0) is 15.4. The van der Waals surface area contributed by atoms with E-state index in [0.29, 0.717) is 24.9 Å². The molecule has 1 aromatic rings. The predicted octanol–water partition coefficient (Wildman–Crippen LogP) is 1.52. The first-order chi connectivity index (χ1) is 10.0. The Labute approximate surface area is 121 Å². The smallest absolute Gasteiger partial charge is 0.272 e. The minimum atomic E-state index is -0.620. The van der Waals surface area contributed by atoms with Gasteiger partial charge in [0.25, 0.3) is 11.6 Å². The summed E-state index contributed by atoms with van der Waals surface area (Å²) in [4.78, 5) is 34.3. The van der Waals surface area contributed by atoms with Gasteiger partial charge in [0.1, 0.15) is 0 Å². The number of rotatable bonds is 4. The molecule has 1 heterocycles. The number of hydrogen-bond donors (Lipinski definition) is 1. The second-order valence-electron chi connectivity index (χ2n) is 4.68. The summed E-state index contributed by atoms with van der Waals surface area (Å²) >= 11 is 0. The average Bonchev–Trinajstić information content (AvgIpc) is 2.49. The molecular weight excluding hydrogens is 274 g/mol. The van der Waals surface area contributed by atoms with Crippen LogP contribution in [0.2, 0.25) is 0 Å². The van der Waals surface area contributed by atoms with E-state index in [-0.39, 0.29) is 11.6 Å². The van der Waals surface area contributed by atoms with Crippen molar-refractivity contribution in [1.82, 2.24) is 10.4 Å². The van der Waals surface area contributed by atoms with Gasteiger partial charge in [-0.2, -0.15) is 0 Å². The number of carbonyl (C=O) groups excluding carboxylic acids is 2. The van der Waals surface area contributed by atoms with Crippen molar-refractivity contribution in [3.8, 4) is 0 Å². The third kappa shape index (κ3) is 3.07. The van der Waals surface area contributed by atoms with Crippen LogP contribution in [0.15, 0.2) is 36.9 Å².